The fraction of sp³-hybridized carbons (Fsp3) is 0.444. The van der Waals surface area contributed by atoms with Crippen molar-refractivity contribution in [2.45, 2.75) is 18.9 Å². The lowest BCUT2D eigenvalue weighted by molar-refractivity contribution is -0.119. The SMILES string of the molecule is O=C(CNc1cccnn1)NC1CC1. The molecule has 0 radical (unpaired) electrons. The number of anilines is 1. The van der Waals surface area contributed by atoms with Crippen LogP contribution in [0.4, 0.5) is 5.82 Å². The Morgan fingerprint density at radius 2 is 2.43 bits per heavy atom. The van der Waals surface area contributed by atoms with E-state index in [9.17, 15) is 4.79 Å². The van der Waals surface area contributed by atoms with Crippen molar-refractivity contribution in [3.05, 3.63) is 18.3 Å². The Morgan fingerprint density at radius 3 is 3.07 bits per heavy atom. The molecule has 0 unspecified atom stereocenters. The first-order valence-corrected chi connectivity index (χ1v) is 4.65. The Labute approximate surface area is 81.9 Å². The molecule has 14 heavy (non-hydrogen) atoms. The lowest BCUT2D eigenvalue weighted by Crippen LogP contribution is -2.31. The van der Waals surface area contributed by atoms with Crippen LogP contribution < -0.4 is 10.6 Å². The molecule has 5 nitrogen and oxygen atoms in total. The summed E-state index contributed by atoms with van der Waals surface area (Å²) in [4.78, 5) is 11.2. The minimum Gasteiger partial charge on any atom is -0.360 e. The molecule has 1 amide bonds. The number of rotatable bonds is 4. The van der Waals surface area contributed by atoms with Crippen LogP contribution in [-0.4, -0.2) is 28.7 Å². The van der Waals surface area contributed by atoms with Gasteiger partial charge in [0.05, 0.1) is 6.54 Å². The van der Waals surface area contributed by atoms with Crippen LogP contribution in [0.5, 0.6) is 0 Å². The van der Waals surface area contributed by atoms with Gasteiger partial charge in [-0.25, -0.2) is 0 Å². The van der Waals surface area contributed by atoms with Gasteiger partial charge in [0.2, 0.25) is 5.91 Å². The van der Waals surface area contributed by atoms with Gasteiger partial charge in [-0.05, 0) is 25.0 Å². The summed E-state index contributed by atoms with van der Waals surface area (Å²) in [5, 5.41) is 13.3. The Kier molecular flexibility index (Phi) is 2.58. The molecule has 1 fully saturated rings. The van der Waals surface area contributed by atoms with E-state index in [0.29, 0.717) is 11.9 Å². The highest BCUT2D eigenvalue weighted by molar-refractivity contribution is 5.80. The zero-order chi connectivity index (χ0) is 9.80. The highest BCUT2D eigenvalue weighted by atomic mass is 16.2. The van der Waals surface area contributed by atoms with E-state index in [0.717, 1.165) is 12.8 Å². The number of amides is 1. The van der Waals surface area contributed by atoms with Crippen LogP contribution in [0.1, 0.15) is 12.8 Å². The summed E-state index contributed by atoms with van der Waals surface area (Å²) in [6.07, 6.45) is 3.81. The van der Waals surface area contributed by atoms with Gasteiger partial charge >= 0.3 is 0 Å². The molecule has 0 saturated heterocycles. The molecule has 0 aromatic carbocycles. The van der Waals surface area contributed by atoms with Crippen molar-refractivity contribution in [2.24, 2.45) is 0 Å². The Balaban J connectivity index is 1.73. The second-order valence-electron chi connectivity index (χ2n) is 3.30. The molecule has 74 valence electrons. The molecule has 1 aliphatic rings. The third kappa shape index (κ3) is 2.69. The number of hydrogen-bond donors (Lipinski definition) is 2. The third-order valence-electron chi connectivity index (χ3n) is 1.94. The summed E-state index contributed by atoms with van der Waals surface area (Å²) < 4.78 is 0. The largest absolute Gasteiger partial charge is 0.360 e. The Hall–Kier alpha value is -1.65. The first-order chi connectivity index (χ1) is 6.84. The zero-order valence-corrected chi connectivity index (χ0v) is 7.73. The molecule has 0 atom stereocenters. The van der Waals surface area contributed by atoms with Gasteiger partial charge in [0.15, 0.2) is 0 Å². The van der Waals surface area contributed by atoms with Crippen molar-refractivity contribution in [3.8, 4) is 0 Å². The minimum absolute atomic E-state index is 0.0122. The van der Waals surface area contributed by atoms with Crippen molar-refractivity contribution in [1.29, 1.82) is 0 Å². The summed E-state index contributed by atoms with van der Waals surface area (Å²) in [7, 11) is 0. The van der Waals surface area contributed by atoms with Gasteiger partial charge in [0, 0.05) is 12.2 Å². The zero-order valence-electron chi connectivity index (χ0n) is 7.73. The lowest BCUT2D eigenvalue weighted by atomic mass is 10.5. The molecule has 1 aromatic heterocycles. The van der Waals surface area contributed by atoms with Crippen LogP contribution in [0.3, 0.4) is 0 Å². The highest BCUT2D eigenvalue weighted by Gasteiger charge is 2.22. The molecule has 5 heteroatoms. The Morgan fingerprint density at radius 1 is 1.57 bits per heavy atom. The van der Waals surface area contributed by atoms with Gasteiger partial charge in [0.25, 0.3) is 0 Å². The molecule has 1 saturated carbocycles. The van der Waals surface area contributed by atoms with E-state index in [-0.39, 0.29) is 12.5 Å². The van der Waals surface area contributed by atoms with Crippen molar-refractivity contribution < 1.29 is 4.79 Å². The van der Waals surface area contributed by atoms with Crippen molar-refractivity contribution >= 4 is 11.7 Å². The molecule has 0 spiro atoms. The number of carbonyl (C=O) groups excluding carboxylic acids is 1. The second-order valence-corrected chi connectivity index (χ2v) is 3.30. The van der Waals surface area contributed by atoms with Gasteiger partial charge in [-0.3, -0.25) is 4.79 Å². The second kappa shape index (κ2) is 4.04. The lowest BCUT2D eigenvalue weighted by Gasteiger charge is -2.04. The number of aromatic nitrogens is 2. The summed E-state index contributed by atoms with van der Waals surface area (Å²) in [5.41, 5.74) is 0. The van der Waals surface area contributed by atoms with E-state index >= 15 is 0 Å². The molecule has 0 bridgehead atoms. The number of hydrogen-bond acceptors (Lipinski definition) is 4. The Bertz CT molecular complexity index is 310. The maximum atomic E-state index is 11.2. The topological polar surface area (TPSA) is 66.9 Å². The third-order valence-corrected chi connectivity index (χ3v) is 1.94. The molecule has 0 aliphatic heterocycles. The van der Waals surface area contributed by atoms with Gasteiger partial charge in [0.1, 0.15) is 5.82 Å². The summed E-state index contributed by atoms with van der Waals surface area (Å²) >= 11 is 0. The van der Waals surface area contributed by atoms with Crippen molar-refractivity contribution in [2.75, 3.05) is 11.9 Å². The standard InChI is InChI=1S/C9H12N4O/c14-9(12-7-3-4-7)6-10-8-2-1-5-11-13-8/h1-2,5,7H,3-4,6H2,(H,10,13)(H,12,14). The maximum absolute atomic E-state index is 11.2. The van der Waals surface area contributed by atoms with Gasteiger partial charge in [-0.1, -0.05) is 0 Å². The van der Waals surface area contributed by atoms with Crippen LogP contribution in [0.15, 0.2) is 18.3 Å². The van der Waals surface area contributed by atoms with Crippen LogP contribution >= 0.6 is 0 Å². The van der Waals surface area contributed by atoms with Crippen LogP contribution in [0.25, 0.3) is 0 Å². The normalized spacial score (nSPS) is 14.9. The van der Waals surface area contributed by atoms with Crippen molar-refractivity contribution in [1.82, 2.24) is 15.5 Å². The summed E-state index contributed by atoms with van der Waals surface area (Å²) in [5.74, 6) is 0.636. The van der Waals surface area contributed by atoms with Crippen molar-refractivity contribution in [3.63, 3.8) is 0 Å². The number of nitrogens with zero attached hydrogens (tertiary/aromatic N) is 2. The number of carbonyl (C=O) groups is 1. The molecule has 1 aliphatic carbocycles. The molecular formula is C9H12N4O. The van der Waals surface area contributed by atoms with E-state index in [4.69, 9.17) is 0 Å². The average molecular weight is 192 g/mol. The van der Waals surface area contributed by atoms with Crippen LogP contribution in [0, 0.1) is 0 Å². The summed E-state index contributed by atoms with van der Waals surface area (Å²) in [6.45, 7) is 0.259. The number of nitrogens with one attached hydrogen (secondary N) is 2. The molecule has 1 aromatic rings. The smallest absolute Gasteiger partial charge is 0.239 e. The first-order valence-electron chi connectivity index (χ1n) is 4.65. The molecule has 2 rings (SSSR count). The van der Waals surface area contributed by atoms with E-state index in [2.05, 4.69) is 20.8 Å². The van der Waals surface area contributed by atoms with E-state index in [1.165, 1.54) is 0 Å². The van der Waals surface area contributed by atoms with Crippen LogP contribution in [0.2, 0.25) is 0 Å². The van der Waals surface area contributed by atoms with Gasteiger partial charge in [-0.15, -0.1) is 5.10 Å². The molecule has 1 heterocycles. The fourth-order valence-electron chi connectivity index (χ4n) is 1.07. The monoisotopic (exact) mass is 192 g/mol. The van der Waals surface area contributed by atoms with Gasteiger partial charge < -0.3 is 10.6 Å². The summed E-state index contributed by atoms with van der Waals surface area (Å²) in [6, 6.07) is 3.96. The average Bonchev–Trinajstić information content (AvgIpc) is 3.00. The maximum Gasteiger partial charge on any atom is 0.239 e. The molecular weight excluding hydrogens is 180 g/mol. The van der Waals surface area contributed by atoms with E-state index in [1.807, 2.05) is 0 Å². The van der Waals surface area contributed by atoms with E-state index in [1.54, 1.807) is 18.3 Å². The quantitative estimate of drug-likeness (QED) is 0.713. The molecule has 2 N–H and O–H groups in total. The highest BCUT2D eigenvalue weighted by Crippen LogP contribution is 2.18. The van der Waals surface area contributed by atoms with Crippen LogP contribution in [-0.2, 0) is 4.79 Å². The van der Waals surface area contributed by atoms with Gasteiger partial charge in [-0.2, -0.15) is 5.10 Å². The minimum atomic E-state index is 0.0122. The predicted molar refractivity (Wildman–Crippen MR) is 51.7 cm³/mol. The van der Waals surface area contributed by atoms with E-state index < -0.39 is 0 Å². The first kappa shape index (κ1) is 8.93. The fourth-order valence-corrected chi connectivity index (χ4v) is 1.07. The predicted octanol–water partition coefficient (Wildman–Crippen LogP) is 0.167.